The summed E-state index contributed by atoms with van der Waals surface area (Å²) < 4.78 is 0. The molecule has 0 aromatic carbocycles. The van der Waals surface area contributed by atoms with Gasteiger partial charge in [-0.05, 0) is 51.6 Å². The molecule has 0 unspecified atom stereocenters. The molecule has 3 rings (SSSR count). The third-order valence-electron chi connectivity index (χ3n) is 4.72. The van der Waals surface area contributed by atoms with Crippen LogP contribution in [-0.2, 0) is 0 Å². The van der Waals surface area contributed by atoms with Crippen molar-refractivity contribution in [3.63, 3.8) is 0 Å². The Morgan fingerprint density at radius 3 is 2.28 bits per heavy atom. The number of hydrogen-bond acceptors (Lipinski definition) is 2. The Morgan fingerprint density at radius 1 is 0.889 bits per heavy atom. The summed E-state index contributed by atoms with van der Waals surface area (Å²) in [4.78, 5) is 7.26. The Balaban J connectivity index is 1.57. The van der Waals surface area contributed by atoms with Crippen LogP contribution in [0.3, 0.4) is 0 Å². The van der Waals surface area contributed by atoms with Crippen LogP contribution in [0, 0.1) is 5.41 Å². The number of hydrogen-bond donors (Lipinski definition) is 1. The van der Waals surface area contributed by atoms with Crippen LogP contribution >= 0.6 is 0 Å². The van der Waals surface area contributed by atoms with Gasteiger partial charge in [0.25, 0.3) is 0 Å². The minimum absolute atomic E-state index is 0.608. The molecular weight excluding hydrogens is 224 g/mol. The molecule has 18 heavy (non-hydrogen) atoms. The Morgan fingerprint density at radius 2 is 1.56 bits per heavy atom. The number of likely N-dealkylation sites (tertiary alicyclic amines) is 3. The van der Waals surface area contributed by atoms with E-state index in [1.165, 1.54) is 58.2 Å². The van der Waals surface area contributed by atoms with E-state index in [0.717, 1.165) is 25.6 Å². The van der Waals surface area contributed by atoms with Crippen molar-refractivity contribution in [2.45, 2.75) is 44.6 Å². The van der Waals surface area contributed by atoms with Gasteiger partial charge >= 0.3 is 0 Å². The zero-order valence-corrected chi connectivity index (χ0v) is 11.4. The minimum Gasteiger partial charge on any atom is -0.343 e. The van der Waals surface area contributed by atoms with Gasteiger partial charge in [0.1, 0.15) is 0 Å². The van der Waals surface area contributed by atoms with Crippen molar-refractivity contribution < 1.29 is 0 Å². The van der Waals surface area contributed by atoms with E-state index in [0.29, 0.717) is 6.04 Å². The number of nitrogens with zero attached hydrogens (tertiary/aromatic N) is 3. The largest absolute Gasteiger partial charge is 0.343 e. The van der Waals surface area contributed by atoms with Gasteiger partial charge < -0.3 is 14.7 Å². The standard InChI is InChI=1S/C14H26N4/c15-14(17-9-3-4-10-17)18-11-5-6-13(18)12-16-7-1-2-8-16/h13,15H,1-12H2/t13-/m0/s1. The summed E-state index contributed by atoms with van der Waals surface area (Å²) in [6, 6.07) is 0.608. The maximum atomic E-state index is 8.42. The first-order chi connectivity index (χ1) is 8.84. The van der Waals surface area contributed by atoms with E-state index < -0.39 is 0 Å². The third-order valence-corrected chi connectivity index (χ3v) is 4.72. The molecule has 0 aliphatic carbocycles. The quantitative estimate of drug-likeness (QED) is 0.597. The van der Waals surface area contributed by atoms with Gasteiger partial charge in [-0.3, -0.25) is 5.41 Å². The van der Waals surface area contributed by atoms with E-state index in [-0.39, 0.29) is 0 Å². The lowest BCUT2D eigenvalue weighted by Gasteiger charge is -2.34. The summed E-state index contributed by atoms with van der Waals surface area (Å²) in [7, 11) is 0. The molecule has 0 radical (unpaired) electrons. The molecule has 0 aromatic heterocycles. The van der Waals surface area contributed by atoms with E-state index in [9.17, 15) is 0 Å². The van der Waals surface area contributed by atoms with Gasteiger partial charge in [0.15, 0.2) is 5.96 Å². The van der Waals surface area contributed by atoms with Crippen molar-refractivity contribution in [2.75, 3.05) is 39.3 Å². The summed E-state index contributed by atoms with van der Waals surface area (Å²) in [5, 5.41) is 8.42. The van der Waals surface area contributed by atoms with Crippen LogP contribution in [0.4, 0.5) is 0 Å². The first kappa shape index (κ1) is 12.3. The Kier molecular flexibility index (Phi) is 3.73. The zero-order chi connectivity index (χ0) is 12.4. The van der Waals surface area contributed by atoms with E-state index in [4.69, 9.17) is 5.41 Å². The molecule has 0 bridgehead atoms. The smallest absolute Gasteiger partial charge is 0.194 e. The van der Waals surface area contributed by atoms with E-state index in [1.807, 2.05) is 0 Å². The van der Waals surface area contributed by atoms with Gasteiger partial charge in [0.05, 0.1) is 0 Å². The van der Waals surface area contributed by atoms with E-state index in [2.05, 4.69) is 14.7 Å². The molecule has 4 nitrogen and oxygen atoms in total. The van der Waals surface area contributed by atoms with Crippen molar-refractivity contribution >= 4 is 5.96 Å². The van der Waals surface area contributed by atoms with Crippen LogP contribution in [-0.4, -0.2) is 66.0 Å². The topological polar surface area (TPSA) is 33.6 Å². The lowest BCUT2D eigenvalue weighted by Crippen LogP contribution is -2.48. The third kappa shape index (κ3) is 2.48. The van der Waals surface area contributed by atoms with Gasteiger partial charge in [-0.25, -0.2) is 0 Å². The van der Waals surface area contributed by atoms with Crippen molar-refractivity contribution in [1.82, 2.24) is 14.7 Å². The summed E-state index contributed by atoms with van der Waals surface area (Å²) in [5.74, 6) is 0.814. The van der Waals surface area contributed by atoms with Crippen molar-refractivity contribution in [3.8, 4) is 0 Å². The van der Waals surface area contributed by atoms with Crippen LogP contribution in [0.15, 0.2) is 0 Å². The highest BCUT2D eigenvalue weighted by Gasteiger charge is 2.31. The van der Waals surface area contributed by atoms with Crippen molar-refractivity contribution in [2.24, 2.45) is 0 Å². The minimum atomic E-state index is 0.608. The van der Waals surface area contributed by atoms with Crippen LogP contribution in [0.25, 0.3) is 0 Å². The molecule has 3 fully saturated rings. The van der Waals surface area contributed by atoms with Crippen LogP contribution < -0.4 is 0 Å². The van der Waals surface area contributed by atoms with Crippen molar-refractivity contribution in [1.29, 1.82) is 5.41 Å². The highest BCUT2D eigenvalue weighted by molar-refractivity contribution is 5.77. The molecule has 3 aliphatic rings. The summed E-state index contributed by atoms with van der Waals surface area (Å²) >= 11 is 0. The molecule has 0 spiro atoms. The average molecular weight is 250 g/mol. The maximum Gasteiger partial charge on any atom is 0.194 e. The fraction of sp³-hybridized carbons (Fsp3) is 0.929. The number of guanidine groups is 1. The zero-order valence-electron chi connectivity index (χ0n) is 11.4. The maximum absolute atomic E-state index is 8.42. The molecule has 3 aliphatic heterocycles. The van der Waals surface area contributed by atoms with Gasteiger partial charge in [-0.2, -0.15) is 0 Å². The lowest BCUT2D eigenvalue weighted by atomic mass is 10.2. The number of nitrogens with one attached hydrogen (secondary N) is 1. The average Bonchev–Trinajstić information content (AvgIpc) is 3.12. The Hall–Kier alpha value is -0.770. The lowest BCUT2D eigenvalue weighted by molar-refractivity contribution is 0.235. The second kappa shape index (κ2) is 5.47. The Bertz CT molecular complexity index is 292. The molecule has 3 heterocycles. The molecule has 1 N–H and O–H groups in total. The highest BCUT2D eigenvalue weighted by atomic mass is 15.4. The van der Waals surface area contributed by atoms with E-state index >= 15 is 0 Å². The van der Waals surface area contributed by atoms with Gasteiger partial charge in [0, 0.05) is 32.2 Å². The molecular formula is C14H26N4. The molecule has 3 saturated heterocycles. The molecule has 4 heteroatoms. The summed E-state index contributed by atoms with van der Waals surface area (Å²) in [6.45, 7) is 7.06. The summed E-state index contributed by atoms with van der Waals surface area (Å²) in [6.07, 6.45) is 7.84. The SMILES string of the molecule is N=C(N1CCCC1)N1CCC[C@H]1CN1CCCC1. The van der Waals surface area contributed by atoms with Crippen LogP contribution in [0.1, 0.15) is 38.5 Å². The molecule has 1 atom stereocenters. The normalized spacial score (nSPS) is 29.4. The fourth-order valence-electron chi connectivity index (χ4n) is 3.68. The first-order valence-corrected chi connectivity index (χ1v) is 7.67. The molecule has 0 saturated carbocycles. The molecule has 0 aromatic rings. The van der Waals surface area contributed by atoms with Crippen molar-refractivity contribution in [3.05, 3.63) is 0 Å². The second-order valence-corrected chi connectivity index (χ2v) is 6.01. The summed E-state index contributed by atoms with van der Waals surface area (Å²) in [5.41, 5.74) is 0. The van der Waals surface area contributed by atoms with Gasteiger partial charge in [-0.15, -0.1) is 0 Å². The van der Waals surface area contributed by atoms with Gasteiger partial charge in [-0.1, -0.05) is 0 Å². The van der Waals surface area contributed by atoms with Crippen LogP contribution in [0.2, 0.25) is 0 Å². The van der Waals surface area contributed by atoms with Gasteiger partial charge in [0.2, 0.25) is 0 Å². The number of rotatable bonds is 2. The van der Waals surface area contributed by atoms with E-state index in [1.54, 1.807) is 0 Å². The molecule has 0 amide bonds. The first-order valence-electron chi connectivity index (χ1n) is 7.67. The predicted octanol–water partition coefficient (Wildman–Crippen LogP) is 1.58. The highest BCUT2D eigenvalue weighted by Crippen LogP contribution is 2.22. The monoisotopic (exact) mass is 250 g/mol. The Labute approximate surface area is 110 Å². The molecule has 102 valence electrons. The second-order valence-electron chi connectivity index (χ2n) is 6.01. The predicted molar refractivity (Wildman–Crippen MR) is 73.9 cm³/mol. The van der Waals surface area contributed by atoms with Crippen LogP contribution in [0.5, 0.6) is 0 Å². The fourth-order valence-corrected chi connectivity index (χ4v) is 3.68.